The lowest BCUT2D eigenvalue weighted by atomic mass is 10.0. The number of carbonyl (C=O) groups excluding carboxylic acids is 2. The van der Waals surface area contributed by atoms with Crippen LogP contribution in [0.2, 0.25) is 0 Å². The van der Waals surface area contributed by atoms with E-state index < -0.39 is 5.97 Å². The summed E-state index contributed by atoms with van der Waals surface area (Å²) in [5, 5.41) is 1.60. The first-order chi connectivity index (χ1) is 20.0. The number of carbonyl (C=O) groups is 2. The third kappa shape index (κ3) is 6.28. The van der Waals surface area contributed by atoms with Crippen molar-refractivity contribution in [2.75, 3.05) is 19.1 Å². The topological polar surface area (TPSA) is 68.7 Å². The van der Waals surface area contributed by atoms with Crippen LogP contribution in [0.1, 0.15) is 33.5 Å². The average Bonchev–Trinajstić information content (AvgIpc) is 3.02. The molecule has 0 aliphatic heterocycles. The van der Waals surface area contributed by atoms with Gasteiger partial charge in [-0.1, -0.05) is 60.7 Å². The molecule has 1 heterocycles. The van der Waals surface area contributed by atoms with E-state index in [2.05, 4.69) is 23.2 Å². The van der Waals surface area contributed by atoms with E-state index in [4.69, 9.17) is 9.47 Å². The van der Waals surface area contributed by atoms with E-state index in [1.54, 1.807) is 30.3 Å². The summed E-state index contributed by atoms with van der Waals surface area (Å²) in [7, 11) is 3.03. The van der Waals surface area contributed by atoms with E-state index in [1.807, 2.05) is 73.7 Å². The van der Waals surface area contributed by atoms with Gasteiger partial charge in [0, 0.05) is 18.0 Å². The molecule has 41 heavy (non-hydrogen) atoms. The summed E-state index contributed by atoms with van der Waals surface area (Å²) in [5.74, 6) is 0.983. The molecule has 6 heteroatoms. The first kappa shape index (κ1) is 27.6. The van der Waals surface area contributed by atoms with E-state index in [1.165, 1.54) is 7.11 Å². The molecule has 1 amide bonds. The monoisotopic (exact) mass is 544 g/mol. The number of rotatable bonds is 9. The van der Waals surface area contributed by atoms with Crippen LogP contribution in [0.25, 0.3) is 21.9 Å². The van der Waals surface area contributed by atoms with Crippen LogP contribution < -0.4 is 9.64 Å². The summed E-state index contributed by atoms with van der Waals surface area (Å²) < 4.78 is 10.3. The second-order valence-corrected chi connectivity index (χ2v) is 9.91. The first-order valence-electron chi connectivity index (χ1n) is 13.5. The number of nitrogens with zero attached hydrogens (tertiary/aromatic N) is 2. The van der Waals surface area contributed by atoms with E-state index >= 15 is 0 Å². The Morgan fingerprint density at radius 2 is 1.56 bits per heavy atom. The zero-order chi connectivity index (χ0) is 28.8. The highest BCUT2D eigenvalue weighted by Crippen LogP contribution is 2.30. The van der Waals surface area contributed by atoms with Crippen molar-refractivity contribution in [1.82, 2.24) is 4.98 Å². The molecule has 206 valence electrons. The highest BCUT2D eigenvalue weighted by Gasteiger charge is 2.21. The third-order valence-corrected chi connectivity index (χ3v) is 7.21. The van der Waals surface area contributed by atoms with Gasteiger partial charge >= 0.3 is 5.97 Å². The second kappa shape index (κ2) is 12.5. The van der Waals surface area contributed by atoms with Crippen LogP contribution in [0, 0.1) is 6.92 Å². The molecule has 6 nitrogen and oxygen atoms in total. The Kier molecular flexibility index (Phi) is 8.39. The smallest absolute Gasteiger partial charge is 0.337 e. The zero-order valence-electron chi connectivity index (χ0n) is 23.5. The second-order valence-electron chi connectivity index (χ2n) is 9.91. The molecule has 0 saturated carbocycles. The Labute approximate surface area is 240 Å². The van der Waals surface area contributed by atoms with E-state index in [0.29, 0.717) is 30.8 Å². The van der Waals surface area contributed by atoms with Crippen molar-refractivity contribution >= 4 is 28.5 Å². The number of aryl methyl sites for hydroxylation is 2. The molecule has 0 fully saturated rings. The van der Waals surface area contributed by atoms with Gasteiger partial charge in [0.25, 0.3) is 0 Å². The predicted molar refractivity (Wildman–Crippen MR) is 162 cm³/mol. The van der Waals surface area contributed by atoms with Crippen molar-refractivity contribution in [2.45, 2.75) is 26.3 Å². The van der Waals surface area contributed by atoms with Crippen LogP contribution in [-0.2, 0) is 22.5 Å². The quantitative estimate of drug-likeness (QED) is 0.184. The Balaban J connectivity index is 1.46. The van der Waals surface area contributed by atoms with Crippen molar-refractivity contribution in [3.05, 3.63) is 126 Å². The molecule has 0 aliphatic carbocycles. The van der Waals surface area contributed by atoms with Crippen molar-refractivity contribution in [3.63, 3.8) is 0 Å². The van der Waals surface area contributed by atoms with Crippen molar-refractivity contribution in [3.8, 4) is 16.9 Å². The van der Waals surface area contributed by atoms with Crippen LogP contribution in [0.15, 0.2) is 103 Å². The summed E-state index contributed by atoms with van der Waals surface area (Å²) >= 11 is 0. The number of hydrogen-bond acceptors (Lipinski definition) is 5. The van der Waals surface area contributed by atoms with Crippen LogP contribution in [0.5, 0.6) is 5.75 Å². The molecule has 4 aromatic carbocycles. The minimum Gasteiger partial charge on any atom is -0.496 e. The van der Waals surface area contributed by atoms with E-state index in [0.717, 1.165) is 44.3 Å². The lowest BCUT2D eigenvalue weighted by Crippen LogP contribution is -2.31. The number of aromatic nitrogens is 1. The standard InChI is InChI=1S/C35H32N2O4/c1-24-21-28(15-17-32(24)40-2)27-12-9-26(10-13-27)23-37(33(38)18-11-25-7-5-4-6-8-25)34-31-16-14-30(35(39)41-3)22-29(31)19-20-36-34/h4-10,12-17,19-22H,11,18,23H2,1-3H3. The van der Waals surface area contributed by atoms with Gasteiger partial charge in [0.05, 0.1) is 26.3 Å². The molecule has 0 radical (unpaired) electrons. The Morgan fingerprint density at radius 1 is 0.805 bits per heavy atom. The number of hydrogen-bond donors (Lipinski definition) is 0. The molecule has 5 aromatic rings. The number of methoxy groups -OCH3 is 2. The first-order valence-corrected chi connectivity index (χ1v) is 13.5. The lowest BCUT2D eigenvalue weighted by Gasteiger charge is -2.24. The number of ether oxygens (including phenoxy) is 2. The van der Waals surface area contributed by atoms with Crippen LogP contribution in [-0.4, -0.2) is 31.1 Å². The van der Waals surface area contributed by atoms with Crippen LogP contribution >= 0.6 is 0 Å². The maximum atomic E-state index is 13.8. The van der Waals surface area contributed by atoms with Gasteiger partial charge in [0.1, 0.15) is 11.6 Å². The summed E-state index contributed by atoms with van der Waals surface area (Å²) in [4.78, 5) is 32.3. The highest BCUT2D eigenvalue weighted by molar-refractivity contribution is 6.04. The summed E-state index contributed by atoms with van der Waals surface area (Å²) in [6, 6.07) is 31.5. The third-order valence-electron chi connectivity index (χ3n) is 7.21. The normalized spacial score (nSPS) is 10.8. The molecule has 0 bridgehead atoms. The maximum Gasteiger partial charge on any atom is 0.337 e. The number of pyridine rings is 1. The van der Waals surface area contributed by atoms with Gasteiger partial charge in [-0.05, 0) is 82.9 Å². The number of amides is 1. The van der Waals surface area contributed by atoms with Gasteiger partial charge in [0.2, 0.25) is 5.91 Å². The van der Waals surface area contributed by atoms with Gasteiger partial charge in [-0.3, -0.25) is 9.69 Å². The molecule has 0 saturated heterocycles. The van der Waals surface area contributed by atoms with Gasteiger partial charge in [-0.2, -0.15) is 0 Å². The van der Waals surface area contributed by atoms with Crippen LogP contribution in [0.3, 0.4) is 0 Å². The minimum absolute atomic E-state index is 0.0271. The van der Waals surface area contributed by atoms with Crippen molar-refractivity contribution < 1.29 is 19.1 Å². The number of benzene rings is 4. The van der Waals surface area contributed by atoms with Crippen molar-refractivity contribution in [1.29, 1.82) is 0 Å². The molecule has 1 aromatic heterocycles. The van der Waals surface area contributed by atoms with E-state index in [-0.39, 0.29) is 5.91 Å². The number of anilines is 1. The molecule has 0 aliphatic rings. The summed E-state index contributed by atoms with van der Waals surface area (Å²) in [5.41, 5.74) is 5.79. The van der Waals surface area contributed by atoms with Gasteiger partial charge in [0.15, 0.2) is 0 Å². The van der Waals surface area contributed by atoms with Gasteiger partial charge in [-0.15, -0.1) is 0 Å². The molecule has 0 unspecified atom stereocenters. The maximum absolute atomic E-state index is 13.8. The molecule has 0 spiro atoms. The fraction of sp³-hybridized carbons (Fsp3) is 0.171. The zero-order valence-corrected chi connectivity index (χ0v) is 23.5. The van der Waals surface area contributed by atoms with Crippen molar-refractivity contribution in [2.24, 2.45) is 0 Å². The predicted octanol–water partition coefficient (Wildman–Crippen LogP) is 7.17. The highest BCUT2D eigenvalue weighted by atomic mass is 16.5. The Hall–Kier alpha value is -4.97. The lowest BCUT2D eigenvalue weighted by molar-refractivity contribution is -0.118. The molecular formula is C35H32N2O4. The fourth-order valence-corrected chi connectivity index (χ4v) is 4.98. The largest absolute Gasteiger partial charge is 0.496 e. The Morgan fingerprint density at radius 3 is 2.27 bits per heavy atom. The summed E-state index contributed by atoms with van der Waals surface area (Å²) in [6.07, 6.45) is 2.64. The summed E-state index contributed by atoms with van der Waals surface area (Å²) in [6.45, 7) is 2.39. The van der Waals surface area contributed by atoms with Crippen LogP contribution in [0.4, 0.5) is 5.82 Å². The molecule has 5 rings (SSSR count). The minimum atomic E-state index is -0.409. The number of fused-ring (bicyclic) bond motifs is 1. The van der Waals surface area contributed by atoms with E-state index in [9.17, 15) is 9.59 Å². The van der Waals surface area contributed by atoms with Gasteiger partial charge in [-0.25, -0.2) is 9.78 Å². The fourth-order valence-electron chi connectivity index (χ4n) is 4.98. The molecule has 0 atom stereocenters. The Bertz CT molecular complexity index is 1680. The average molecular weight is 545 g/mol. The molecular weight excluding hydrogens is 512 g/mol. The number of esters is 1. The van der Waals surface area contributed by atoms with Gasteiger partial charge < -0.3 is 9.47 Å². The molecule has 0 N–H and O–H groups in total. The SMILES string of the molecule is COC(=O)c1ccc2c(N(Cc3ccc(-c4ccc(OC)c(C)c4)cc3)C(=O)CCc3ccccc3)nccc2c1.